The van der Waals surface area contributed by atoms with E-state index >= 15 is 0 Å². The van der Waals surface area contributed by atoms with Gasteiger partial charge < -0.3 is 9.84 Å². The lowest BCUT2D eigenvalue weighted by Gasteiger charge is -2.08. The molecule has 2 aromatic rings. The van der Waals surface area contributed by atoms with E-state index in [1.807, 2.05) is 0 Å². The van der Waals surface area contributed by atoms with Crippen LogP contribution in [0.2, 0.25) is 0 Å². The number of hydrogen-bond acceptors (Lipinski definition) is 5. The molecule has 0 unspecified atom stereocenters. The summed E-state index contributed by atoms with van der Waals surface area (Å²) >= 11 is 0. The summed E-state index contributed by atoms with van der Waals surface area (Å²) in [5, 5.41) is 6.40. The lowest BCUT2D eigenvalue weighted by Crippen LogP contribution is -2.14. The van der Waals surface area contributed by atoms with Gasteiger partial charge in [-0.25, -0.2) is 8.42 Å². The molecule has 0 radical (unpaired) electrons. The van der Waals surface area contributed by atoms with E-state index in [4.69, 9.17) is 4.52 Å². The molecule has 0 aliphatic carbocycles. The van der Waals surface area contributed by atoms with Crippen LogP contribution < -0.4 is 10.0 Å². The van der Waals surface area contributed by atoms with E-state index in [0.29, 0.717) is 28.4 Å². The SMILES string of the molecule is Cc1noc(C)c1C(=O)Nc1cccc(NS(C)(=O)=O)c1. The number of amides is 1. The van der Waals surface area contributed by atoms with Gasteiger partial charge in [-0.15, -0.1) is 0 Å². The second-order valence-electron chi connectivity index (χ2n) is 4.61. The monoisotopic (exact) mass is 309 g/mol. The summed E-state index contributed by atoms with van der Waals surface area (Å²) in [5.74, 6) is 0.0678. The summed E-state index contributed by atoms with van der Waals surface area (Å²) in [4.78, 5) is 12.2. The molecule has 112 valence electrons. The maximum Gasteiger partial charge on any atom is 0.261 e. The van der Waals surface area contributed by atoms with Gasteiger partial charge in [0.2, 0.25) is 10.0 Å². The topological polar surface area (TPSA) is 101 Å². The molecule has 0 atom stereocenters. The molecule has 21 heavy (non-hydrogen) atoms. The number of sulfonamides is 1. The Hall–Kier alpha value is -2.35. The van der Waals surface area contributed by atoms with Gasteiger partial charge in [0.15, 0.2) is 0 Å². The van der Waals surface area contributed by atoms with Crippen LogP contribution >= 0.6 is 0 Å². The van der Waals surface area contributed by atoms with E-state index < -0.39 is 10.0 Å². The number of anilines is 2. The van der Waals surface area contributed by atoms with Gasteiger partial charge in [0.1, 0.15) is 11.3 Å². The Balaban J connectivity index is 2.21. The van der Waals surface area contributed by atoms with Crippen LogP contribution in [0.4, 0.5) is 11.4 Å². The minimum absolute atomic E-state index is 0.359. The average molecular weight is 309 g/mol. The molecule has 1 aromatic carbocycles. The molecule has 8 heteroatoms. The van der Waals surface area contributed by atoms with Crippen LogP contribution in [-0.2, 0) is 10.0 Å². The number of hydrogen-bond donors (Lipinski definition) is 2. The van der Waals surface area contributed by atoms with Gasteiger partial charge in [0, 0.05) is 5.69 Å². The highest BCUT2D eigenvalue weighted by molar-refractivity contribution is 7.92. The summed E-state index contributed by atoms with van der Waals surface area (Å²) in [5.41, 5.74) is 1.70. The number of aromatic nitrogens is 1. The quantitative estimate of drug-likeness (QED) is 0.898. The Morgan fingerprint density at radius 2 is 1.90 bits per heavy atom. The molecule has 0 bridgehead atoms. The third-order valence-corrected chi connectivity index (χ3v) is 3.29. The van der Waals surface area contributed by atoms with Crippen molar-refractivity contribution in [3.8, 4) is 0 Å². The van der Waals surface area contributed by atoms with Crippen LogP contribution in [-0.4, -0.2) is 25.7 Å². The normalized spacial score (nSPS) is 11.2. The van der Waals surface area contributed by atoms with Crippen molar-refractivity contribution in [3.63, 3.8) is 0 Å². The van der Waals surface area contributed by atoms with Crippen molar-refractivity contribution in [1.82, 2.24) is 5.16 Å². The molecule has 1 heterocycles. The first-order chi connectivity index (χ1) is 9.76. The Bertz CT molecular complexity index is 761. The van der Waals surface area contributed by atoms with Crippen LogP contribution in [0.3, 0.4) is 0 Å². The van der Waals surface area contributed by atoms with Crippen LogP contribution in [0.5, 0.6) is 0 Å². The predicted octanol–water partition coefficient (Wildman–Crippen LogP) is 1.92. The van der Waals surface area contributed by atoms with Crippen LogP contribution in [0.15, 0.2) is 28.8 Å². The van der Waals surface area contributed by atoms with Crippen molar-refractivity contribution in [3.05, 3.63) is 41.3 Å². The molecule has 0 saturated heterocycles. The van der Waals surface area contributed by atoms with Gasteiger partial charge in [0.25, 0.3) is 5.91 Å². The van der Waals surface area contributed by atoms with E-state index in [1.54, 1.807) is 32.0 Å². The van der Waals surface area contributed by atoms with Gasteiger partial charge in [-0.1, -0.05) is 11.2 Å². The number of carbonyl (C=O) groups is 1. The largest absolute Gasteiger partial charge is 0.361 e. The summed E-state index contributed by atoms with van der Waals surface area (Å²) in [6, 6.07) is 6.41. The molecule has 1 amide bonds. The summed E-state index contributed by atoms with van der Waals surface area (Å²) in [6.07, 6.45) is 1.06. The zero-order valence-electron chi connectivity index (χ0n) is 11.8. The third kappa shape index (κ3) is 3.82. The minimum atomic E-state index is -3.37. The van der Waals surface area contributed by atoms with Crippen LogP contribution in [0, 0.1) is 13.8 Å². The molecule has 0 fully saturated rings. The first kappa shape index (κ1) is 15.0. The fourth-order valence-electron chi connectivity index (χ4n) is 1.88. The Morgan fingerprint density at radius 1 is 1.24 bits per heavy atom. The van der Waals surface area contributed by atoms with Crippen molar-refractivity contribution >= 4 is 27.3 Å². The number of aryl methyl sites for hydroxylation is 2. The molecule has 2 rings (SSSR count). The fraction of sp³-hybridized carbons (Fsp3) is 0.231. The fourth-order valence-corrected chi connectivity index (χ4v) is 2.43. The Morgan fingerprint density at radius 3 is 2.48 bits per heavy atom. The number of rotatable bonds is 4. The van der Waals surface area contributed by atoms with Crippen LogP contribution in [0.25, 0.3) is 0 Å². The van der Waals surface area contributed by atoms with Crippen molar-refractivity contribution < 1.29 is 17.7 Å². The molecule has 1 aromatic heterocycles. The second-order valence-corrected chi connectivity index (χ2v) is 6.36. The molecule has 7 nitrogen and oxygen atoms in total. The van der Waals surface area contributed by atoms with E-state index in [-0.39, 0.29) is 5.91 Å². The molecular formula is C13H15N3O4S. The molecule has 2 N–H and O–H groups in total. The highest BCUT2D eigenvalue weighted by Gasteiger charge is 2.17. The number of nitrogens with zero attached hydrogens (tertiary/aromatic N) is 1. The van der Waals surface area contributed by atoms with Gasteiger partial charge >= 0.3 is 0 Å². The van der Waals surface area contributed by atoms with E-state index in [1.165, 1.54) is 6.07 Å². The lowest BCUT2D eigenvalue weighted by molar-refractivity contribution is 0.102. The zero-order valence-corrected chi connectivity index (χ0v) is 12.6. The number of benzene rings is 1. The highest BCUT2D eigenvalue weighted by Crippen LogP contribution is 2.19. The number of carbonyl (C=O) groups excluding carboxylic acids is 1. The van der Waals surface area contributed by atoms with Gasteiger partial charge in [-0.05, 0) is 32.0 Å². The van der Waals surface area contributed by atoms with Crippen molar-refractivity contribution in [2.24, 2.45) is 0 Å². The van der Waals surface area contributed by atoms with Gasteiger partial charge in [-0.2, -0.15) is 0 Å². The highest BCUT2D eigenvalue weighted by atomic mass is 32.2. The molecule has 0 aliphatic heterocycles. The zero-order chi connectivity index (χ0) is 15.6. The van der Waals surface area contributed by atoms with Gasteiger partial charge in [-0.3, -0.25) is 9.52 Å². The predicted molar refractivity (Wildman–Crippen MR) is 78.8 cm³/mol. The Kier molecular flexibility index (Phi) is 3.99. The average Bonchev–Trinajstić information content (AvgIpc) is 2.67. The summed E-state index contributed by atoms with van der Waals surface area (Å²) < 4.78 is 29.7. The molecule has 0 aliphatic rings. The maximum absolute atomic E-state index is 12.2. The summed E-state index contributed by atoms with van der Waals surface area (Å²) in [6.45, 7) is 3.32. The van der Waals surface area contributed by atoms with Crippen molar-refractivity contribution in [2.75, 3.05) is 16.3 Å². The Labute approximate surface area is 122 Å². The molecule has 0 spiro atoms. The van der Waals surface area contributed by atoms with Crippen molar-refractivity contribution in [2.45, 2.75) is 13.8 Å². The first-order valence-corrected chi connectivity index (χ1v) is 7.97. The summed E-state index contributed by atoms with van der Waals surface area (Å²) in [7, 11) is -3.37. The smallest absolute Gasteiger partial charge is 0.261 e. The molecule has 0 saturated carbocycles. The standard InChI is InChI=1S/C13H15N3O4S/c1-8-12(9(2)20-15-8)13(17)14-10-5-4-6-11(7-10)16-21(3,18)19/h4-7,16H,1-3H3,(H,14,17). The second kappa shape index (κ2) is 5.57. The maximum atomic E-state index is 12.2. The van der Waals surface area contributed by atoms with E-state index in [2.05, 4.69) is 15.2 Å². The first-order valence-electron chi connectivity index (χ1n) is 6.08. The lowest BCUT2D eigenvalue weighted by atomic mass is 10.2. The minimum Gasteiger partial charge on any atom is -0.361 e. The third-order valence-electron chi connectivity index (χ3n) is 2.68. The molecular weight excluding hydrogens is 294 g/mol. The van der Waals surface area contributed by atoms with Crippen molar-refractivity contribution in [1.29, 1.82) is 0 Å². The van der Waals surface area contributed by atoms with Crippen LogP contribution in [0.1, 0.15) is 21.8 Å². The van der Waals surface area contributed by atoms with E-state index in [9.17, 15) is 13.2 Å². The number of nitrogens with one attached hydrogen (secondary N) is 2. The van der Waals surface area contributed by atoms with Gasteiger partial charge in [0.05, 0.1) is 17.6 Å². The van der Waals surface area contributed by atoms with E-state index in [0.717, 1.165) is 6.26 Å².